The van der Waals surface area contributed by atoms with E-state index in [0.717, 1.165) is 12.8 Å². The van der Waals surface area contributed by atoms with E-state index >= 15 is 0 Å². The van der Waals surface area contributed by atoms with Gasteiger partial charge in [-0.25, -0.2) is 0 Å². The van der Waals surface area contributed by atoms with Gasteiger partial charge in [-0.1, -0.05) is 12.1 Å². The van der Waals surface area contributed by atoms with Gasteiger partial charge in [0.05, 0.1) is 5.60 Å². The third-order valence-corrected chi connectivity index (χ3v) is 5.28. The van der Waals surface area contributed by atoms with E-state index in [2.05, 4.69) is 41.4 Å². The summed E-state index contributed by atoms with van der Waals surface area (Å²) in [5, 5.41) is 14.0. The number of nitrogens with one attached hydrogen (secondary N) is 1. The molecule has 2 heterocycles. The van der Waals surface area contributed by atoms with E-state index in [1.54, 1.807) is 0 Å². The quantitative estimate of drug-likeness (QED) is 0.876. The molecule has 0 bridgehead atoms. The predicted molar refractivity (Wildman–Crippen MR) is 93.9 cm³/mol. The highest BCUT2D eigenvalue weighted by Crippen LogP contribution is 2.24. The molecule has 2 N–H and O–H groups in total. The fourth-order valence-corrected chi connectivity index (χ4v) is 3.51. The highest BCUT2D eigenvalue weighted by atomic mass is 16.5. The first-order valence-corrected chi connectivity index (χ1v) is 9.05. The fraction of sp³-hybridized carbons (Fsp3) is 0.684. The lowest BCUT2D eigenvalue weighted by Crippen LogP contribution is -2.45. The van der Waals surface area contributed by atoms with E-state index in [4.69, 9.17) is 4.74 Å². The zero-order valence-electron chi connectivity index (χ0n) is 14.3. The van der Waals surface area contributed by atoms with Gasteiger partial charge < -0.3 is 20.1 Å². The van der Waals surface area contributed by atoms with Crippen LogP contribution in [-0.4, -0.2) is 43.6 Å². The number of aliphatic hydroxyl groups is 1. The number of ether oxygens (including phenoxy) is 1. The number of nitrogens with zero attached hydrogens (tertiary/aromatic N) is 1. The van der Waals surface area contributed by atoms with Gasteiger partial charge in [0, 0.05) is 57.4 Å². The molecule has 23 heavy (non-hydrogen) atoms. The van der Waals surface area contributed by atoms with Gasteiger partial charge in [-0.3, -0.25) is 0 Å². The Kier molecular flexibility index (Phi) is 5.57. The number of hydrogen-bond acceptors (Lipinski definition) is 4. The molecule has 0 aromatic heterocycles. The van der Waals surface area contributed by atoms with Gasteiger partial charge in [-0.05, 0) is 43.9 Å². The van der Waals surface area contributed by atoms with Crippen LogP contribution in [0.2, 0.25) is 0 Å². The van der Waals surface area contributed by atoms with Crippen molar-refractivity contribution in [3.63, 3.8) is 0 Å². The molecule has 1 aromatic rings. The van der Waals surface area contributed by atoms with Crippen LogP contribution in [0.4, 0.5) is 5.69 Å². The second-order valence-corrected chi connectivity index (χ2v) is 7.08. The summed E-state index contributed by atoms with van der Waals surface area (Å²) in [6.07, 6.45) is 5.43. The molecule has 0 saturated carbocycles. The van der Waals surface area contributed by atoms with Crippen molar-refractivity contribution in [2.24, 2.45) is 0 Å². The maximum absolute atomic E-state index is 10.5. The van der Waals surface area contributed by atoms with Crippen LogP contribution in [0, 0.1) is 0 Å². The van der Waals surface area contributed by atoms with Crippen LogP contribution in [-0.2, 0) is 4.74 Å². The lowest BCUT2D eigenvalue weighted by Gasteiger charge is -2.33. The normalized spacial score (nSPS) is 22.8. The molecule has 0 amide bonds. The second kappa shape index (κ2) is 7.65. The molecule has 2 fully saturated rings. The molecular weight excluding hydrogens is 288 g/mol. The Balaban J connectivity index is 1.53. The van der Waals surface area contributed by atoms with Crippen LogP contribution in [0.5, 0.6) is 0 Å². The van der Waals surface area contributed by atoms with Crippen molar-refractivity contribution >= 4 is 5.69 Å². The van der Waals surface area contributed by atoms with Crippen molar-refractivity contribution in [1.82, 2.24) is 5.32 Å². The van der Waals surface area contributed by atoms with E-state index in [-0.39, 0.29) is 6.04 Å². The number of piperidine rings is 1. The van der Waals surface area contributed by atoms with Crippen LogP contribution in [0.15, 0.2) is 24.3 Å². The van der Waals surface area contributed by atoms with Crippen LogP contribution >= 0.6 is 0 Å². The number of rotatable bonds is 5. The summed E-state index contributed by atoms with van der Waals surface area (Å²) in [4.78, 5) is 2.48. The molecule has 2 saturated heterocycles. The van der Waals surface area contributed by atoms with E-state index < -0.39 is 5.60 Å². The van der Waals surface area contributed by atoms with Crippen LogP contribution in [0.25, 0.3) is 0 Å². The summed E-state index contributed by atoms with van der Waals surface area (Å²) < 4.78 is 5.33. The van der Waals surface area contributed by atoms with E-state index in [1.807, 2.05) is 0 Å². The number of anilines is 1. The first kappa shape index (κ1) is 16.7. The molecule has 4 nitrogen and oxygen atoms in total. The summed E-state index contributed by atoms with van der Waals surface area (Å²) in [5.74, 6) is 0. The van der Waals surface area contributed by atoms with Crippen molar-refractivity contribution in [1.29, 1.82) is 0 Å². The highest BCUT2D eigenvalue weighted by molar-refractivity contribution is 5.48. The second-order valence-electron chi connectivity index (χ2n) is 7.08. The predicted octanol–water partition coefficient (Wildman–Crippen LogP) is 2.87. The van der Waals surface area contributed by atoms with E-state index in [1.165, 1.54) is 43.6 Å². The summed E-state index contributed by atoms with van der Waals surface area (Å²) >= 11 is 0. The molecule has 4 heteroatoms. The minimum absolute atomic E-state index is 0.247. The third-order valence-electron chi connectivity index (χ3n) is 5.28. The Morgan fingerprint density at radius 3 is 2.43 bits per heavy atom. The van der Waals surface area contributed by atoms with Crippen molar-refractivity contribution in [3.05, 3.63) is 29.8 Å². The summed E-state index contributed by atoms with van der Waals surface area (Å²) in [5.41, 5.74) is 2.00. The summed E-state index contributed by atoms with van der Waals surface area (Å²) in [6, 6.07) is 9.16. The van der Waals surface area contributed by atoms with Gasteiger partial charge in [-0.2, -0.15) is 0 Å². The molecule has 1 unspecified atom stereocenters. The topological polar surface area (TPSA) is 44.7 Å². The SMILES string of the molecule is CC(NCC1(O)CCOCC1)c1ccc(N2CCCCC2)cc1. The Morgan fingerprint density at radius 1 is 1.13 bits per heavy atom. The zero-order chi connectivity index (χ0) is 16.1. The van der Waals surface area contributed by atoms with E-state index in [0.29, 0.717) is 19.8 Å². The minimum Gasteiger partial charge on any atom is -0.388 e. The average molecular weight is 318 g/mol. The molecule has 2 aliphatic rings. The van der Waals surface area contributed by atoms with Gasteiger partial charge in [0.1, 0.15) is 0 Å². The molecule has 3 rings (SSSR count). The minimum atomic E-state index is -0.611. The standard InChI is InChI=1S/C19H30N2O2/c1-16(20-15-19(22)9-13-23-14-10-19)17-5-7-18(8-6-17)21-11-3-2-4-12-21/h5-8,16,20,22H,2-4,9-15H2,1H3. The van der Waals surface area contributed by atoms with Crippen LogP contribution in [0.3, 0.4) is 0 Å². The molecule has 128 valence electrons. The largest absolute Gasteiger partial charge is 0.388 e. The Labute approximate surface area is 139 Å². The van der Waals surface area contributed by atoms with Crippen molar-refractivity contribution in [2.45, 2.75) is 50.7 Å². The Hall–Kier alpha value is -1.10. The summed E-state index contributed by atoms with van der Waals surface area (Å²) in [7, 11) is 0. The average Bonchev–Trinajstić information content (AvgIpc) is 2.61. The molecule has 0 spiro atoms. The number of benzene rings is 1. The molecular formula is C19H30N2O2. The van der Waals surface area contributed by atoms with Crippen molar-refractivity contribution < 1.29 is 9.84 Å². The maximum Gasteiger partial charge on any atom is 0.0815 e. The van der Waals surface area contributed by atoms with Gasteiger partial charge in [0.25, 0.3) is 0 Å². The Bertz CT molecular complexity index is 477. The van der Waals surface area contributed by atoms with E-state index in [9.17, 15) is 5.11 Å². The monoisotopic (exact) mass is 318 g/mol. The van der Waals surface area contributed by atoms with Gasteiger partial charge in [0.2, 0.25) is 0 Å². The summed E-state index contributed by atoms with van der Waals surface area (Å²) in [6.45, 7) is 6.49. The Morgan fingerprint density at radius 2 is 1.78 bits per heavy atom. The number of hydrogen-bond donors (Lipinski definition) is 2. The van der Waals surface area contributed by atoms with Gasteiger partial charge in [-0.15, -0.1) is 0 Å². The molecule has 0 radical (unpaired) electrons. The van der Waals surface area contributed by atoms with Crippen LogP contribution < -0.4 is 10.2 Å². The lowest BCUT2D eigenvalue weighted by molar-refractivity contribution is -0.0626. The van der Waals surface area contributed by atoms with Crippen molar-refractivity contribution in [2.75, 3.05) is 37.7 Å². The van der Waals surface area contributed by atoms with Gasteiger partial charge in [0.15, 0.2) is 0 Å². The first-order valence-electron chi connectivity index (χ1n) is 9.05. The first-order chi connectivity index (χ1) is 11.2. The zero-order valence-corrected chi connectivity index (χ0v) is 14.3. The van der Waals surface area contributed by atoms with Crippen LogP contribution in [0.1, 0.15) is 50.6 Å². The maximum atomic E-state index is 10.5. The van der Waals surface area contributed by atoms with Crippen molar-refractivity contribution in [3.8, 4) is 0 Å². The molecule has 1 aromatic carbocycles. The molecule has 2 aliphatic heterocycles. The lowest BCUT2D eigenvalue weighted by atomic mass is 9.94. The molecule has 1 atom stereocenters. The highest BCUT2D eigenvalue weighted by Gasteiger charge is 2.29. The fourth-order valence-electron chi connectivity index (χ4n) is 3.51. The van der Waals surface area contributed by atoms with Gasteiger partial charge >= 0.3 is 0 Å². The molecule has 0 aliphatic carbocycles. The third kappa shape index (κ3) is 4.46. The smallest absolute Gasteiger partial charge is 0.0815 e.